The first-order chi connectivity index (χ1) is 9.04. The van der Waals surface area contributed by atoms with E-state index in [1.807, 2.05) is 0 Å². The van der Waals surface area contributed by atoms with Gasteiger partial charge in [-0.15, -0.1) is 0 Å². The number of amides is 1. The number of carbonyl (C=O) groups excluding carboxylic acids is 1. The third-order valence-electron chi connectivity index (χ3n) is 2.52. The largest absolute Gasteiger partial charge is 0.399 e. The van der Waals surface area contributed by atoms with Crippen molar-refractivity contribution >= 4 is 33.2 Å². The van der Waals surface area contributed by atoms with Crippen molar-refractivity contribution in [1.29, 1.82) is 0 Å². The first-order valence-electron chi connectivity index (χ1n) is 5.64. The Morgan fingerprint density at radius 2 is 2.05 bits per heavy atom. The van der Waals surface area contributed by atoms with Crippen LogP contribution in [0.15, 0.2) is 46.9 Å². The van der Waals surface area contributed by atoms with Crippen molar-refractivity contribution in [2.75, 3.05) is 11.1 Å². The van der Waals surface area contributed by atoms with Crippen molar-refractivity contribution < 1.29 is 9.18 Å². The Hall–Kier alpha value is -1.88. The molecule has 0 fully saturated rings. The summed E-state index contributed by atoms with van der Waals surface area (Å²) in [5.41, 5.74) is 7.17. The number of hydrogen-bond donors (Lipinski definition) is 2. The van der Waals surface area contributed by atoms with Gasteiger partial charge in [0.25, 0.3) is 0 Å². The number of nitrogens with two attached hydrogens (primary N) is 1. The summed E-state index contributed by atoms with van der Waals surface area (Å²) in [7, 11) is 0. The van der Waals surface area contributed by atoms with Gasteiger partial charge in [0.1, 0.15) is 5.82 Å². The summed E-state index contributed by atoms with van der Waals surface area (Å²) in [6.45, 7) is 0. The van der Waals surface area contributed by atoms with E-state index in [1.54, 1.807) is 30.3 Å². The molecule has 0 saturated carbocycles. The summed E-state index contributed by atoms with van der Waals surface area (Å²) in [6.07, 6.45) is 0.150. The maximum absolute atomic E-state index is 13.5. The van der Waals surface area contributed by atoms with Crippen molar-refractivity contribution in [3.63, 3.8) is 0 Å². The monoisotopic (exact) mass is 322 g/mol. The number of nitrogens with one attached hydrogen (secondary N) is 1. The average Bonchev–Trinajstić information content (AvgIpc) is 2.34. The fourth-order valence-corrected chi connectivity index (χ4v) is 2.04. The predicted molar refractivity (Wildman–Crippen MR) is 77.3 cm³/mol. The number of anilines is 2. The molecule has 0 aliphatic heterocycles. The molecular weight excluding hydrogens is 311 g/mol. The molecule has 1 amide bonds. The van der Waals surface area contributed by atoms with E-state index in [0.717, 1.165) is 5.56 Å². The summed E-state index contributed by atoms with van der Waals surface area (Å²) >= 11 is 3.23. The minimum Gasteiger partial charge on any atom is -0.399 e. The van der Waals surface area contributed by atoms with E-state index in [9.17, 15) is 9.18 Å². The van der Waals surface area contributed by atoms with E-state index in [-0.39, 0.29) is 18.0 Å². The zero-order chi connectivity index (χ0) is 13.8. The molecule has 0 saturated heterocycles. The molecule has 0 bridgehead atoms. The third-order valence-corrected chi connectivity index (χ3v) is 3.01. The van der Waals surface area contributed by atoms with Gasteiger partial charge in [-0.2, -0.15) is 0 Å². The molecular formula is C14H12BrFN2O. The Balaban J connectivity index is 2.07. The smallest absolute Gasteiger partial charge is 0.228 e. The third kappa shape index (κ3) is 3.79. The van der Waals surface area contributed by atoms with E-state index in [2.05, 4.69) is 21.2 Å². The van der Waals surface area contributed by atoms with Crippen LogP contribution < -0.4 is 11.1 Å². The first-order valence-corrected chi connectivity index (χ1v) is 6.43. The van der Waals surface area contributed by atoms with Crippen LogP contribution >= 0.6 is 15.9 Å². The minimum atomic E-state index is -0.468. The SMILES string of the molecule is Nc1cccc(CC(=O)Nc2cc(Br)ccc2F)c1. The Morgan fingerprint density at radius 1 is 1.26 bits per heavy atom. The van der Waals surface area contributed by atoms with Crippen LogP contribution in [-0.4, -0.2) is 5.91 Å². The molecule has 19 heavy (non-hydrogen) atoms. The Labute approximate surface area is 118 Å². The van der Waals surface area contributed by atoms with E-state index >= 15 is 0 Å². The van der Waals surface area contributed by atoms with Crippen LogP contribution in [0.2, 0.25) is 0 Å². The molecule has 0 aliphatic rings. The fraction of sp³-hybridized carbons (Fsp3) is 0.0714. The van der Waals surface area contributed by atoms with Crippen LogP contribution in [0.5, 0.6) is 0 Å². The highest BCUT2D eigenvalue weighted by molar-refractivity contribution is 9.10. The number of rotatable bonds is 3. The van der Waals surface area contributed by atoms with Crippen LogP contribution in [-0.2, 0) is 11.2 Å². The predicted octanol–water partition coefficient (Wildman–Crippen LogP) is 3.35. The summed E-state index contributed by atoms with van der Waals surface area (Å²) in [6, 6.07) is 11.4. The Kier molecular flexibility index (Phi) is 4.16. The topological polar surface area (TPSA) is 55.1 Å². The van der Waals surface area contributed by atoms with E-state index in [0.29, 0.717) is 10.2 Å². The first kappa shape index (κ1) is 13.5. The highest BCUT2D eigenvalue weighted by Gasteiger charge is 2.08. The molecule has 0 aromatic heterocycles. The molecule has 5 heteroatoms. The zero-order valence-corrected chi connectivity index (χ0v) is 11.6. The Bertz CT molecular complexity index is 616. The standard InChI is InChI=1S/C14H12BrFN2O/c15-10-4-5-12(16)13(8-10)18-14(19)7-9-2-1-3-11(17)6-9/h1-6,8H,7,17H2,(H,18,19). The van der Waals surface area contributed by atoms with Gasteiger partial charge in [0.05, 0.1) is 12.1 Å². The van der Waals surface area contributed by atoms with Crippen LogP contribution in [0.25, 0.3) is 0 Å². The summed E-state index contributed by atoms with van der Waals surface area (Å²) < 4.78 is 14.2. The van der Waals surface area contributed by atoms with Crippen molar-refractivity contribution in [3.05, 3.63) is 58.3 Å². The molecule has 0 spiro atoms. The molecule has 0 radical (unpaired) electrons. The Morgan fingerprint density at radius 3 is 2.79 bits per heavy atom. The fourth-order valence-electron chi connectivity index (χ4n) is 1.68. The van der Waals surface area contributed by atoms with Crippen molar-refractivity contribution in [3.8, 4) is 0 Å². The van der Waals surface area contributed by atoms with Gasteiger partial charge in [-0.05, 0) is 35.9 Å². The van der Waals surface area contributed by atoms with Crippen LogP contribution in [0.1, 0.15) is 5.56 Å². The lowest BCUT2D eigenvalue weighted by Gasteiger charge is -2.07. The van der Waals surface area contributed by atoms with Crippen molar-refractivity contribution in [1.82, 2.24) is 0 Å². The van der Waals surface area contributed by atoms with Crippen molar-refractivity contribution in [2.45, 2.75) is 6.42 Å². The molecule has 2 aromatic rings. The van der Waals surface area contributed by atoms with Gasteiger partial charge in [-0.25, -0.2) is 4.39 Å². The summed E-state index contributed by atoms with van der Waals surface area (Å²) in [5.74, 6) is -0.758. The number of benzene rings is 2. The van der Waals surface area contributed by atoms with Gasteiger partial charge in [-0.1, -0.05) is 28.1 Å². The van der Waals surface area contributed by atoms with Crippen LogP contribution in [0.3, 0.4) is 0 Å². The van der Waals surface area contributed by atoms with Crippen LogP contribution in [0.4, 0.5) is 15.8 Å². The molecule has 0 aliphatic carbocycles. The molecule has 2 aromatic carbocycles. The molecule has 2 rings (SSSR count). The van der Waals surface area contributed by atoms with Gasteiger partial charge < -0.3 is 11.1 Å². The molecule has 3 N–H and O–H groups in total. The van der Waals surface area contributed by atoms with Gasteiger partial charge in [-0.3, -0.25) is 4.79 Å². The van der Waals surface area contributed by atoms with Gasteiger partial charge in [0.2, 0.25) is 5.91 Å². The average molecular weight is 323 g/mol. The molecule has 0 atom stereocenters. The second-order valence-corrected chi connectivity index (χ2v) is 5.01. The van der Waals surface area contributed by atoms with E-state index < -0.39 is 5.82 Å². The summed E-state index contributed by atoms with van der Waals surface area (Å²) in [4.78, 5) is 11.8. The quantitative estimate of drug-likeness (QED) is 0.851. The van der Waals surface area contributed by atoms with Crippen molar-refractivity contribution in [2.24, 2.45) is 0 Å². The highest BCUT2D eigenvalue weighted by atomic mass is 79.9. The van der Waals surface area contributed by atoms with E-state index in [4.69, 9.17) is 5.73 Å². The molecule has 0 heterocycles. The maximum atomic E-state index is 13.5. The minimum absolute atomic E-state index is 0.150. The number of nitrogen functional groups attached to an aromatic ring is 1. The maximum Gasteiger partial charge on any atom is 0.228 e. The second kappa shape index (κ2) is 5.84. The summed E-state index contributed by atoms with van der Waals surface area (Å²) in [5, 5.41) is 2.53. The highest BCUT2D eigenvalue weighted by Crippen LogP contribution is 2.20. The molecule has 98 valence electrons. The van der Waals surface area contributed by atoms with Gasteiger partial charge in [0.15, 0.2) is 0 Å². The lowest BCUT2D eigenvalue weighted by Crippen LogP contribution is -2.15. The van der Waals surface area contributed by atoms with Gasteiger partial charge in [0, 0.05) is 10.2 Å². The van der Waals surface area contributed by atoms with Crippen LogP contribution in [0, 0.1) is 5.82 Å². The number of halogens is 2. The second-order valence-electron chi connectivity index (χ2n) is 4.09. The number of hydrogen-bond acceptors (Lipinski definition) is 2. The van der Waals surface area contributed by atoms with E-state index in [1.165, 1.54) is 12.1 Å². The molecule has 0 unspecified atom stereocenters. The molecule has 3 nitrogen and oxygen atoms in total. The lowest BCUT2D eigenvalue weighted by atomic mass is 10.1. The zero-order valence-electron chi connectivity index (χ0n) is 9.99. The van der Waals surface area contributed by atoms with Gasteiger partial charge >= 0.3 is 0 Å². The normalized spacial score (nSPS) is 10.2. The lowest BCUT2D eigenvalue weighted by molar-refractivity contribution is -0.115. The number of carbonyl (C=O) groups is 1.